The Hall–Kier alpha value is -2.47. The van der Waals surface area contributed by atoms with E-state index in [4.69, 9.17) is 5.11 Å². The molecule has 0 atom stereocenters. The molecule has 1 aromatic carbocycles. The minimum Gasteiger partial charge on any atom is -0.392 e. The number of hydrogen-bond acceptors (Lipinski definition) is 4. The maximum Gasteiger partial charge on any atom is 0.254 e. The summed E-state index contributed by atoms with van der Waals surface area (Å²) in [6.07, 6.45) is 3.19. The molecule has 0 saturated carbocycles. The van der Waals surface area contributed by atoms with Crippen LogP contribution >= 0.6 is 0 Å². The molecule has 5 nitrogen and oxygen atoms in total. The predicted molar refractivity (Wildman–Crippen MR) is 84.7 cm³/mol. The number of aromatic nitrogens is 1. The monoisotopic (exact) mass is 315 g/mol. The number of carbonyl (C=O) groups excluding carboxylic acids is 1. The van der Waals surface area contributed by atoms with E-state index in [-0.39, 0.29) is 23.9 Å². The van der Waals surface area contributed by atoms with Gasteiger partial charge in [-0.05, 0) is 18.2 Å². The van der Waals surface area contributed by atoms with Gasteiger partial charge in [0.15, 0.2) is 5.82 Å². The maximum atomic E-state index is 14.3. The van der Waals surface area contributed by atoms with E-state index >= 15 is 0 Å². The van der Waals surface area contributed by atoms with Crippen molar-refractivity contribution in [3.8, 4) is 0 Å². The van der Waals surface area contributed by atoms with E-state index in [0.29, 0.717) is 37.4 Å². The number of piperazine rings is 1. The second-order valence-corrected chi connectivity index (χ2v) is 5.42. The molecule has 1 aliphatic heterocycles. The summed E-state index contributed by atoms with van der Waals surface area (Å²) in [4.78, 5) is 20.0. The third-order valence-corrected chi connectivity index (χ3v) is 4.06. The van der Waals surface area contributed by atoms with E-state index in [0.717, 1.165) is 0 Å². The van der Waals surface area contributed by atoms with Gasteiger partial charge in [-0.25, -0.2) is 4.39 Å². The summed E-state index contributed by atoms with van der Waals surface area (Å²) in [7, 11) is 0. The molecule has 0 unspecified atom stereocenters. The molecular weight excluding hydrogens is 297 g/mol. The average Bonchev–Trinajstić information content (AvgIpc) is 2.62. The van der Waals surface area contributed by atoms with Crippen molar-refractivity contribution in [2.75, 3.05) is 31.1 Å². The van der Waals surface area contributed by atoms with Crippen LogP contribution in [0.1, 0.15) is 15.9 Å². The first-order valence-electron chi connectivity index (χ1n) is 7.53. The summed E-state index contributed by atoms with van der Waals surface area (Å²) in [6.45, 7) is 1.86. The summed E-state index contributed by atoms with van der Waals surface area (Å²) in [5.41, 5.74) is 1.38. The van der Waals surface area contributed by atoms with Crippen LogP contribution in [0.2, 0.25) is 0 Å². The Labute approximate surface area is 134 Å². The topological polar surface area (TPSA) is 56.7 Å². The van der Waals surface area contributed by atoms with Crippen LogP contribution in [0.5, 0.6) is 0 Å². The zero-order valence-corrected chi connectivity index (χ0v) is 12.7. The fourth-order valence-electron chi connectivity index (χ4n) is 2.76. The maximum absolute atomic E-state index is 14.3. The van der Waals surface area contributed by atoms with Crippen LogP contribution in [0.25, 0.3) is 0 Å². The third-order valence-electron chi connectivity index (χ3n) is 4.06. The summed E-state index contributed by atoms with van der Waals surface area (Å²) < 4.78 is 14.3. The number of hydrogen-bond donors (Lipinski definition) is 1. The van der Waals surface area contributed by atoms with Crippen molar-refractivity contribution in [3.63, 3.8) is 0 Å². The number of amides is 1. The quantitative estimate of drug-likeness (QED) is 0.936. The fraction of sp³-hybridized carbons (Fsp3) is 0.294. The van der Waals surface area contributed by atoms with E-state index in [1.54, 1.807) is 47.6 Å². The number of rotatable bonds is 3. The summed E-state index contributed by atoms with van der Waals surface area (Å²) >= 11 is 0. The van der Waals surface area contributed by atoms with Gasteiger partial charge in [0.1, 0.15) is 0 Å². The molecule has 1 aliphatic rings. The van der Waals surface area contributed by atoms with Crippen molar-refractivity contribution < 1.29 is 14.3 Å². The number of benzene rings is 1. The van der Waals surface area contributed by atoms with Gasteiger partial charge in [-0.1, -0.05) is 12.1 Å². The Morgan fingerprint density at radius 2 is 1.83 bits per heavy atom. The lowest BCUT2D eigenvalue weighted by molar-refractivity contribution is 0.0746. The molecule has 1 N–H and O–H groups in total. The standard InChI is InChI=1S/C17H18FN3O2/c18-16-14(12-22)2-1-3-15(16)20-8-10-21(11-9-20)17(23)13-4-6-19-7-5-13/h1-7,22H,8-12H2. The molecule has 2 aromatic rings. The van der Waals surface area contributed by atoms with E-state index in [1.807, 2.05) is 4.90 Å². The molecule has 0 radical (unpaired) electrons. The van der Waals surface area contributed by atoms with Gasteiger partial charge in [0.2, 0.25) is 0 Å². The van der Waals surface area contributed by atoms with E-state index in [9.17, 15) is 9.18 Å². The van der Waals surface area contributed by atoms with Crippen molar-refractivity contribution in [2.45, 2.75) is 6.61 Å². The van der Waals surface area contributed by atoms with Gasteiger partial charge in [0.25, 0.3) is 5.91 Å². The Morgan fingerprint density at radius 3 is 2.48 bits per heavy atom. The van der Waals surface area contributed by atoms with Crippen molar-refractivity contribution >= 4 is 11.6 Å². The Kier molecular flexibility index (Phi) is 4.52. The molecular formula is C17H18FN3O2. The van der Waals surface area contributed by atoms with Crippen molar-refractivity contribution in [1.82, 2.24) is 9.88 Å². The first-order chi connectivity index (χ1) is 11.2. The van der Waals surface area contributed by atoms with Gasteiger partial charge < -0.3 is 14.9 Å². The van der Waals surface area contributed by atoms with Gasteiger partial charge in [0, 0.05) is 49.7 Å². The lowest BCUT2D eigenvalue weighted by Crippen LogP contribution is -2.49. The largest absolute Gasteiger partial charge is 0.392 e. The van der Waals surface area contributed by atoms with Crippen LogP contribution in [-0.4, -0.2) is 47.1 Å². The summed E-state index contributed by atoms with van der Waals surface area (Å²) in [5, 5.41) is 9.17. The number of aliphatic hydroxyl groups is 1. The first kappa shape index (κ1) is 15.4. The highest BCUT2D eigenvalue weighted by molar-refractivity contribution is 5.94. The van der Waals surface area contributed by atoms with E-state index in [1.165, 1.54) is 0 Å². The fourth-order valence-corrected chi connectivity index (χ4v) is 2.76. The van der Waals surface area contributed by atoms with Gasteiger partial charge in [-0.15, -0.1) is 0 Å². The Bertz CT molecular complexity index is 685. The molecule has 0 spiro atoms. The molecule has 120 valence electrons. The zero-order valence-electron chi connectivity index (χ0n) is 12.7. The van der Waals surface area contributed by atoms with Crippen LogP contribution in [0.4, 0.5) is 10.1 Å². The number of anilines is 1. The van der Waals surface area contributed by atoms with E-state index < -0.39 is 0 Å². The van der Waals surface area contributed by atoms with Crippen molar-refractivity contribution in [2.24, 2.45) is 0 Å². The lowest BCUT2D eigenvalue weighted by atomic mass is 10.1. The van der Waals surface area contributed by atoms with Crippen LogP contribution in [0.3, 0.4) is 0 Å². The number of aliphatic hydroxyl groups excluding tert-OH is 1. The second-order valence-electron chi connectivity index (χ2n) is 5.42. The van der Waals surface area contributed by atoms with Gasteiger partial charge >= 0.3 is 0 Å². The lowest BCUT2D eigenvalue weighted by Gasteiger charge is -2.36. The SMILES string of the molecule is O=C(c1ccncc1)N1CCN(c2cccc(CO)c2F)CC1. The normalized spacial score (nSPS) is 14.9. The van der Waals surface area contributed by atoms with Crippen LogP contribution < -0.4 is 4.90 Å². The molecule has 2 heterocycles. The number of carbonyl (C=O) groups is 1. The van der Waals surface area contributed by atoms with E-state index in [2.05, 4.69) is 4.98 Å². The molecule has 1 amide bonds. The highest BCUT2D eigenvalue weighted by atomic mass is 19.1. The molecule has 1 aromatic heterocycles. The van der Waals surface area contributed by atoms with Crippen LogP contribution in [-0.2, 0) is 6.61 Å². The van der Waals surface area contributed by atoms with Crippen LogP contribution in [0, 0.1) is 5.82 Å². The number of nitrogens with zero attached hydrogens (tertiary/aromatic N) is 3. The van der Waals surface area contributed by atoms with Crippen LogP contribution in [0.15, 0.2) is 42.7 Å². The highest BCUT2D eigenvalue weighted by Crippen LogP contribution is 2.24. The molecule has 6 heteroatoms. The first-order valence-corrected chi connectivity index (χ1v) is 7.53. The minimum atomic E-state index is -0.385. The summed E-state index contributed by atoms with van der Waals surface area (Å²) in [6, 6.07) is 8.40. The Morgan fingerprint density at radius 1 is 1.13 bits per heavy atom. The number of halogens is 1. The highest BCUT2D eigenvalue weighted by Gasteiger charge is 2.24. The van der Waals surface area contributed by atoms with Gasteiger partial charge in [-0.3, -0.25) is 9.78 Å². The molecule has 1 saturated heterocycles. The Balaban J connectivity index is 1.68. The number of pyridine rings is 1. The molecule has 1 fully saturated rings. The van der Waals surface area contributed by atoms with Crippen molar-refractivity contribution in [3.05, 3.63) is 59.7 Å². The molecule has 0 aliphatic carbocycles. The zero-order chi connectivity index (χ0) is 16.2. The minimum absolute atomic E-state index is 0.0309. The summed E-state index contributed by atoms with van der Waals surface area (Å²) in [5.74, 6) is -0.416. The van der Waals surface area contributed by atoms with Gasteiger partial charge in [-0.2, -0.15) is 0 Å². The predicted octanol–water partition coefficient (Wildman–Crippen LogP) is 1.68. The second kappa shape index (κ2) is 6.75. The molecule has 23 heavy (non-hydrogen) atoms. The van der Waals surface area contributed by atoms with Crippen molar-refractivity contribution in [1.29, 1.82) is 0 Å². The van der Waals surface area contributed by atoms with Gasteiger partial charge in [0.05, 0.1) is 12.3 Å². The molecule has 3 rings (SSSR count). The molecule has 0 bridgehead atoms. The third kappa shape index (κ3) is 3.17. The smallest absolute Gasteiger partial charge is 0.254 e. The average molecular weight is 315 g/mol.